The lowest BCUT2D eigenvalue weighted by Crippen LogP contribution is -2.16. The van der Waals surface area contributed by atoms with Crippen LogP contribution in [0, 0.1) is 0 Å². The lowest BCUT2D eigenvalue weighted by atomic mass is 9.94. The van der Waals surface area contributed by atoms with Crippen LogP contribution in [-0.2, 0) is 0 Å². The quantitative estimate of drug-likeness (QED) is 0.714. The van der Waals surface area contributed by atoms with E-state index in [1.165, 1.54) is 75.5 Å². The van der Waals surface area contributed by atoms with Crippen LogP contribution in [0.15, 0.2) is 16.8 Å². The molecule has 2 rings (SSSR count). The summed E-state index contributed by atoms with van der Waals surface area (Å²) in [5, 5.41) is 4.58. The Morgan fingerprint density at radius 1 is 0.875 bits per heavy atom. The highest BCUT2D eigenvalue weighted by molar-refractivity contribution is 5.99. The summed E-state index contributed by atoms with van der Waals surface area (Å²) in [5.74, 6) is 0. The van der Waals surface area contributed by atoms with E-state index in [2.05, 4.69) is 16.6 Å². The Hall–Kier alpha value is -0.790. The molecule has 0 radical (unpaired) electrons. The molecule has 90 valence electrons. The van der Waals surface area contributed by atoms with Crippen molar-refractivity contribution in [3.63, 3.8) is 0 Å². The van der Waals surface area contributed by atoms with E-state index >= 15 is 0 Å². The third-order valence-electron chi connectivity index (χ3n) is 3.58. The van der Waals surface area contributed by atoms with Gasteiger partial charge in [-0.05, 0) is 50.5 Å². The Labute approximate surface area is 99.2 Å². The van der Waals surface area contributed by atoms with Crippen molar-refractivity contribution in [2.24, 2.45) is 5.10 Å². The number of allylic oxidation sites excluding steroid dienone is 2. The third-order valence-corrected chi connectivity index (χ3v) is 3.58. The lowest BCUT2D eigenvalue weighted by Gasteiger charge is -2.16. The first-order chi connectivity index (χ1) is 7.97. The normalized spacial score (nSPS) is 24.0. The van der Waals surface area contributed by atoms with Crippen LogP contribution in [0.4, 0.5) is 0 Å². The molecule has 1 N–H and O–H groups in total. The van der Waals surface area contributed by atoms with Gasteiger partial charge in [-0.3, -0.25) is 0 Å². The summed E-state index contributed by atoms with van der Waals surface area (Å²) in [6.07, 6.45) is 15.6. The predicted octanol–water partition coefficient (Wildman–Crippen LogP) is 3.79. The first-order valence-corrected chi connectivity index (χ1v) is 6.95. The van der Waals surface area contributed by atoms with E-state index in [0.29, 0.717) is 0 Å². The molecule has 1 aliphatic heterocycles. The molecule has 0 bridgehead atoms. The average molecular weight is 220 g/mol. The van der Waals surface area contributed by atoms with Crippen molar-refractivity contribution in [2.75, 3.05) is 6.54 Å². The van der Waals surface area contributed by atoms with Crippen molar-refractivity contribution in [1.29, 1.82) is 0 Å². The molecule has 1 heterocycles. The number of hydrogen-bond acceptors (Lipinski definition) is 2. The molecule has 0 spiro atoms. The molecule has 0 saturated heterocycles. The summed E-state index contributed by atoms with van der Waals surface area (Å²) in [5.41, 5.74) is 6.10. The summed E-state index contributed by atoms with van der Waals surface area (Å²) in [6, 6.07) is 0. The average Bonchev–Trinajstić information content (AvgIpc) is 2.18. The van der Waals surface area contributed by atoms with Gasteiger partial charge in [0.25, 0.3) is 0 Å². The van der Waals surface area contributed by atoms with Crippen molar-refractivity contribution in [2.45, 2.75) is 64.2 Å². The van der Waals surface area contributed by atoms with E-state index in [1.807, 2.05) is 0 Å². The number of hydrazone groups is 1. The zero-order valence-electron chi connectivity index (χ0n) is 10.3. The minimum absolute atomic E-state index is 1.05. The van der Waals surface area contributed by atoms with Crippen LogP contribution in [0.1, 0.15) is 64.2 Å². The fourth-order valence-electron chi connectivity index (χ4n) is 2.57. The maximum Gasteiger partial charge on any atom is 0.0631 e. The van der Waals surface area contributed by atoms with Gasteiger partial charge in [0, 0.05) is 6.54 Å². The molecule has 2 heteroatoms. The predicted molar refractivity (Wildman–Crippen MR) is 69.7 cm³/mol. The summed E-state index contributed by atoms with van der Waals surface area (Å²) in [4.78, 5) is 0. The van der Waals surface area contributed by atoms with Crippen LogP contribution >= 0.6 is 0 Å². The van der Waals surface area contributed by atoms with Crippen LogP contribution in [0.3, 0.4) is 0 Å². The zero-order chi connectivity index (χ0) is 11.1. The van der Waals surface area contributed by atoms with Gasteiger partial charge in [0.1, 0.15) is 0 Å². The number of nitrogens with zero attached hydrogens (tertiary/aromatic N) is 1. The van der Waals surface area contributed by atoms with Crippen LogP contribution in [-0.4, -0.2) is 12.3 Å². The third kappa shape index (κ3) is 3.66. The molecule has 0 amide bonds. The fraction of sp³-hybridized carbons (Fsp3) is 0.786. The van der Waals surface area contributed by atoms with E-state index in [4.69, 9.17) is 0 Å². The maximum atomic E-state index is 4.58. The zero-order valence-corrected chi connectivity index (χ0v) is 10.3. The Balaban J connectivity index is 2.01. The monoisotopic (exact) mass is 220 g/mol. The van der Waals surface area contributed by atoms with Crippen LogP contribution in [0.2, 0.25) is 0 Å². The van der Waals surface area contributed by atoms with Gasteiger partial charge in [-0.25, -0.2) is 0 Å². The molecule has 16 heavy (non-hydrogen) atoms. The van der Waals surface area contributed by atoms with Crippen molar-refractivity contribution in [3.8, 4) is 0 Å². The van der Waals surface area contributed by atoms with Gasteiger partial charge in [-0.2, -0.15) is 5.10 Å². The minimum atomic E-state index is 1.05. The van der Waals surface area contributed by atoms with E-state index < -0.39 is 0 Å². The Bertz CT molecular complexity index is 238. The summed E-state index contributed by atoms with van der Waals surface area (Å²) in [7, 11) is 0. The smallest absolute Gasteiger partial charge is 0.0631 e. The number of rotatable bonds is 1. The van der Waals surface area contributed by atoms with Gasteiger partial charge in [0.15, 0.2) is 0 Å². The number of nitrogens with one attached hydrogen (secondary N) is 1. The van der Waals surface area contributed by atoms with Crippen molar-refractivity contribution < 1.29 is 0 Å². The second-order valence-electron chi connectivity index (χ2n) is 4.96. The topological polar surface area (TPSA) is 24.4 Å². The highest BCUT2D eigenvalue weighted by atomic mass is 15.3. The van der Waals surface area contributed by atoms with E-state index in [0.717, 1.165) is 6.54 Å². The standard InChI is InChI=1S/C14H24N2/c1-2-5-9-13(10-6-3-1)14-11-7-4-8-12-15-16-14/h9,15H,1-8,10-12H2. The summed E-state index contributed by atoms with van der Waals surface area (Å²) in [6.45, 7) is 1.05. The first kappa shape index (κ1) is 11.7. The molecular formula is C14H24N2. The Morgan fingerprint density at radius 2 is 1.69 bits per heavy atom. The van der Waals surface area contributed by atoms with Crippen molar-refractivity contribution >= 4 is 5.71 Å². The van der Waals surface area contributed by atoms with Gasteiger partial charge in [0.2, 0.25) is 0 Å². The van der Waals surface area contributed by atoms with Gasteiger partial charge < -0.3 is 5.43 Å². The van der Waals surface area contributed by atoms with E-state index in [-0.39, 0.29) is 0 Å². The molecular weight excluding hydrogens is 196 g/mol. The second kappa shape index (κ2) is 6.72. The highest BCUT2D eigenvalue weighted by Gasteiger charge is 2.10. The maximum absolute atomic E-state index is 4.58. The SMILES string of the molecule is C1=C(C2=NNCCCCC2)CCCCCC1. The molecule has 2 nitrogen and oxygen atoms in total. The Morgan fingerprint density at radius 3 is 2.69 bits per heavy atom. The Kier molecular flexibility index (Phi) is 4.91. The molecule has 2 aliphatic rings. The lowest BCUT2D eigenvalue weighted by molar-refractivity contribution is 0.602. The van der Waals surface area contributed by atoms with Crippen LogP contribution < -0.4 is 5.43 Å². The second-order valence-corrected chi connectivity index (χ2v) is 4.96. The molecule has 0 fully saturated rings. The van der Waals surface area contributed by atoms with Gasteiger partial charge in [0.05, 0.1) is 5.71 Å². The molecule has 0 aromatic carbocycles. The van der Waals surface area contributed by atoms with Gasteiger partial charge in [-0.1, -0.05) is 25.3 Å². The number of hydrogen-bond donors (Lipinski definition) is 1. The molecule has 0 aromatic heterocycles. The van der Waals surface area contributed by atoms with Gasteiger partial charge in [-0.15, -0.1) is 0 Å². The largest absolute Gasteiger partial charge is 0.310 e. The molecule has 0 unspecified atom stereocenters. The molecule has 0 saturated carbocycles. The molecule has 0 aromatic rings. The molecule has 1 aliphatic carbocycles. The fourth-order valence-corrected chi connectivity index (χ4v) is 2.57. The van der Waals surface area contributed by atoms with Crippen LogP contribution in [0.25, 0.3) is 0 Å². The van der Waals surface area contributed by atoms with E-state index in [1.54, 1.807) is 0 Å². The summed E-state index contributed by atoms with van der Waals surface area (Å²) >= 11 is 0. The van der Waals surface area contributed by atoms with Crippen molar-refractivity contribution in [3.05, 3.63) is 11.6 Å². The van der Waals surface area contributed by atoms with Gasteiger partial charge >= 0.3 is 0 Å². The van der Waals surface area contributed by atoms with Crippen LogP contribution in [0.5, 0.6) is 0 Å². The van der Waals surface area contributed by atoms with Crippen molar-refractivity contribution in [1.82, 2.24) is 5.43 Å². The highest BCUT2D eigenvalue weighted by Crippen LogP contribution is 2.20. The van der Waals surface area contributed by atoms with E-state index in [9.17, 15) is 0 Å². The first-order valence-electron chi connectivity index (χ1n) is 6.95. The molecule has 0 atom stereocenters. The minimum Gasteiger partial charge on any atom is -0.310 e. The summed E-state index contributed by atoms with van der Waals surface area (Å²) < 4.78 is 0.